The van der Waals surface area contributed by atoms with E-state index in [1.807, 2.05) is 13.0 Å². The summed E-state index contributed by atoms with van der Waals surface area (Å²) in [7, 11) is 0. The lowest BCUT2D eigenvalue weighted by molar-refractivity contribution is 0.0954. The number of hydrogen-bond acceptors (Lipinski definition) is 4. The zero-order chi connectivity index (χ0) is 19.7. The molecule has 0 saturated carbocycles. The molecule has 0 unspecified atom stereocenters. The molecule has 0 radical (unpaired) electrons. The number of benzene rings is 2. The topological polar surface area (TPSA) is 64.9 Å². The lowest BCUT2D eigenvalue weighted by Crippen LogP contribution is -2.17. The normalized spacial score (nSPS) is 12.5. The van der Waals surface area contributed by atoms with Crippen LogP contribution in [0, 0.1) is 20.8 Å². The Morgan fingerprint density at radius 1 is 1.04 bits per heavy atom. The minimum absolute atomic E-state index is 0.176. The van der Waals surface area contributed by atoms with Crippen molar-refractivity contribution >= 4 is 12.1 Å². The fraction of sp³-hybridized carbons (Fsp3) is 0.182. The number of nitrogens with one attached hydrogen (secondary N) is 1. The quantitative estimate of drug-likeness (QED) is 0.556. The molecular formula is C22H21N3O3. The average Bonchev–Trinajstić information content (AvgIpc) is 3.26. The Labute approximate surface area is 163 Å². The van der Waals surface area contributed by atoms with Crippen LogP contribution >= 0.6 is 0 Å². The standard InChI is InChI=1S/C22H21N3O3/c1-14-4-7-19(8-5-14)25-15(2)10-18(16(25)3)12-23-24-22(26)17-6-9-20-21(11-17)28-13-27-20/h4-12H,13H2,1-3H3,(H,24,26). The van der Waals surface area contributed by atoms with Gasteiger partial charge in [-0.3, -0.25) is 4.79 Å². The number of aromatic nitrogens is 1. The Morgan fingerprint density at radius 3 is 2.57 bits per heavy atom. The minimum atomic E-state index is -0.304. The van der Waals surface area contributed by atoms with Crippen LogP contribution in [0.25, 0.3) is 5.69 Å². The van der Waals surface area contributed by atoms with Crippen molar-refractivity contribution in [1.82, 2.24) is 9.99 Å². The van der Waals surface area contributed by atoms with E-state index < -0.39 is 0 Å². The smallest absolute Gasteiger partial charge is 0.271 e. The van der Waals surface area contributed by atoms with Crippen LogP contribution in [0.3, 0.4) is 0 Å². The molecule has 1 aliphatic heterocycles. The molecule has 1 aromatic heterocycles. The molecule has 6 heteroatoms. The Hall–Kier alpha value is -3.54. The number of amides is 1. The van der Waals surface area contributed by atoms with Crippen molar-refractivity contribution in [3.05, 3.63) is 76.6 Å². The molecule has 0 atom stereocenters. The minimum Gasteiger partial charge on any atom is -0.454 e. The summed E-state index contributed by atoms with van der Waals surface area (Å²) in [6.07, 6.45) is 1.66. The summed E-state index contributed by atoms with van der Waals surface area (Å²) in [6.45, 7) is 6.33. The van der Waals surface area contributed by atoms with Gasteiger partial charge < -0.3 is 14.0 Å². The Balaban J connectivity index is 1.50. The molecule has 1 amide bonds. The Bertz CT molecular complexity index is 1070. The van der Waals surface area contributed by atoms with Gasteiger partial charge in [-0.05, 0) is 57.2 Å². The molecule has 6 nitrogen and oxygen atoms in total. The van der Waals surface area contributed by atoms with Crippen LogP contribution in [0.15, 0.2) is 53.6 Å². The van der Waals surface area contributed by atoms with Crippen LogP contribution in [0.2, 0.25) is 0 Å². The van der Waals surface area contributed by atoms with E-state index in [-0.39, 0.29) is 12.7 Å². The first-order valence-corrected chi connectivity index (χ1v) is 9.02. The van der Waals surface area contributed by atoms with Gasteiger partial charge in [0.25, 0.3) is 5.91 Å². The second-order valence-corrected chi connectivity index (χ2v) is 6.76. The summed E-state index contributed by atoms with van der Waals surface area (Å²) in [5, 5.41) is 4.12. The molecule has 2 heterocycles. The molecule has 2 aromatic carbocycles. The Morgan fingerprint density at radius 2 is 1.79 bits per heavy atom. The van der Waals surface area contributed by atoms with Gasteiger partial charge in [-0.25, -0.2) is 5.43 Å². The van der Waals surface area contributed by atoms with Crippen LogP contribution in [0.5, 0.6) is 11.5 Å². The molecule has 0 fully saturated rings. The lowest BCUT2D eigenvalue weighted by atomic mass is 10.2. The molecule has 1 aliphatic rings. The van der Waals surface area contributed by atoms with Crippen molar-refractivity contribution in [3.8, 4) is 17.2 Å². The van der Waals surface area contributed by atoms with Gasteiger partial charge in [-0.1, -0.05) is 17.7 Å². The summed E-state index contributed by atoms with van der Waals surface area (Å²) < 4.78 is 12.7. The van der Waals surface area contributed by atoms with Gasteiger partial charge in [0.05, 0.1) is 6.21 Å². The van der Waals surface area contributed by atoms with E-state index in [9.17, 15) is 4.79 Å². The average molecular weight is 375 g/mol. The van der Waals surface area contributed by atoms with Gasteiger partial charge in [0.1, 0.15) is 0 Å². The number of fused-ring (bicyclic) bond motifs is 1. The number of nitrogens with zero attached hydrogens (tertiary/aromatic N) is 2. The Kier molecular flexibility index (Phi) is 4.61. The zero-order valence-corrected chi connectivity index (χ0v) is 16.0. The maximum Gasteiger partial charge on any atom is 0.271 e. The monoisotopic (exact) mass is 375 g/mol. The van der Waals surface area contributed by atoms with Crippen molar-refractivity contribution in [3.63, 3.8) is 0 Å². The highest BCUT2D eigenvalue weighted by Gasteiger charge is 2.16. The van der Waals surface area contributed by atoms with Gasteiger partial charge in [-0.15, -0.1) is 0 Å². The van der Waals surface area contributed by atoms with E-state index in [1.165, 1.54) is 5.56 Å². The molecule has 0 aliphatic carbocycles. The van der Waals surface area contributed by atoms with Crippen molar-refractivity contribution < 1.29 is 14.3 Å². The van der Waals surface area contributed by atoms with Gasteiger partial charge in [0, 0.05) is 28.2 Å². The summed E-state index contributed by atoms with van der Waals surface area (Å²) in [5.74, 6) is 0.906. The molecule has 0 saturated heterocycles. The van der Waals surface area contributed by atoms with Crippen molar-refractivity contribution in [2.24, 2.45) is 5.10 Å². The highest BCUT2D eigenvalue weighted by Crippen LogP contribution is 2.32. The SMILES string of the molecule is Cc1ccc(-n2c(C)cc(C=NNC(=O)c3ccc4c(c3)OCO4)c2C)cc1. The largest absolute Gasteiger partial charge is 0.454 e. The van der Waals surface area contributed by atoms with Crippen molar-refractivity contribution in [1.29, 1.82) is 0 Å². The second-order valence-electron chi connectivity index (χ2n) is 6.76. The van der Waals surface area contributed by atoms with Gasteiger partial charge in [-0.2, -0.15) is 5.10 Å². The van der Waals surface area contributed by atoms with Gasteiger partial charge in [0.15, 0.2) is 11.5 Å². The van der Waals surface area contributed by atoms with Crippen LogP contribution in [0.1, 0.15) is 32.9 Å². The van der Waals surface area contributed by atoms with Crippen LogP contribution in [0.4, 0.5) is 0 Å². The summed E-state index contributed by atoms with van der Waals surface area (Å²) in [4.78, 5) is 12.3. The number of hydrogen-bond donors (Lipinski definition) is 1. The van der Waals surface area contributed by atoms with Crippen LogP contribution < -0.4 is 14.9 Å². The predicted molar refractivity (Wildman–Crippen MR) is 108 cm³/mol. The number of ether oxygens (including phenoxy) is 2. The summed E-state index contributed by atoms with van der Waals surface area (Å²) in [5.41, 5.74) is 8.46. The molecule has 0 bridgehead atoms. The molecule has 28 heavy (non-hydrogen) atoms. The van der Waals surface area contributed by atoms with Gasteiger partial charge in [0.2, 0.25) is 6.79 Å². The lowest BCUT2D eigenvalue weighted by Gasteiger charge is -2.09. The van der Waals surface area contributed by atoms with Gasteiger partial charge >= 0.3 is 0 Å². The van der Waals surface area contributed by atoms with Crippen LogP contribution in [-0.4, -0.2) is 23.5 Å². The number of carbonyl (C=O) groups excluding carboxylic acids is 1. The highest BCUT2D eigenvalue weighted by atomic mass is 16.7. The van der Waals surface area contributed by atoms with E-state index in [0.717, 1.165) is 22.6 Å². The van der Waals surface area contributed by atoms with Crippen molar-refractivity contribution in [2.75, 3.05) is 6.79 Å². The van der Waals surface area contributed by atoms with E-state index in [1.54, 1.807) is 24.4 Å². The fourth-order valence-electron chi connectivity index (χ4n) is 3.27. The number of rotatable bonds is 4. The second kappa shape index (κ2) is 7.23. The third-order valence-electron chi connectivity index (χ3n) is 4.77. The first-order chi connectivity index (χ1) is 13.5. The fourth-order valence-corrected chi connectivity index (χ4v) is 3.27. The third-order valence-corrected chi connectivity index (χ3v) is 4.77. The molecule has 1 N–H and O–H groups in total. The number of aryl methyl sites for hydroxylation is 2. The first kappa shape index (κ1) is 17.9. The number of hydrazone groups is 1. The zero-order valence-electron chi connectivity index (χ0n) is 16.0. The highest BCUT2D eigenvalue weighted by molar-refractivity contribution is 5.95. The molecule has 3 aromatic rings. The molecule has 4 rings (SSSR count). The summed E-state index contributed by atoms with van der Waals surface area (Å²) in [6, 6.07) is 15.5. The maximum absolute atomic E-state index is 12.3. The molecule has 0 spiro atoms. The van der Waals surface area contributed by atoms with E-state index in [0.29, 0.717) is 17.1 Å². The maximum atomic E-state index is 12.3. The molecule has 142 valence electrons. The molecular weight excluding hydrogens is 354 g/mol. The van der Waals surface area contributed by atoms with E-state index >= 15 is 0 Å². The summed E-state index contributed by atoms with van der Waals surface area (Å²) >= 11 is 0. The predicted octanol–water partition coefficient (Wildman–Crippen LogP) is 3.90. The van der Waals surface area contributed by atoms with Crippen LogP contribution in [-0.2, 0) is 0 Å². The van der Waals surface area contributed by atoms with Crippen molar-refractivity contribution in [2.45, 2.75) is 20.8 Å². The first-order valence-electron chi connectivity index (χ1n) is 9.02. The number of carbonyl (C=O) groups is 1. The third kappa shape index (κ3) is 3.36. The van der Waals surface area contributed by atoms with E-state index in [2.05, 4.69) is 53.2 Å². The van der Waals surface area contributed by atoms with E-state index in [4.69, 9.17) is 9.47 Å².